The van der Waals surface area contributed by atoms with E-state index in [1.807, 2.05) is 0 Å². The van der Waals surface area contributed by atoms with E-state index in [-0.39, 0.29) is 17.4 Å². The first-order chi connectivity index (χ1) is 8.93. The van der Waals surface area contributed by atoms with Gasteiger partial charge in [0.25, 0.3) is 0 Å². The van der Waals surface area contributed by atoms with Gasteiger partial charge in [0.05, 0.1) is 11.3 Å². The molecule has 1 aromatic rings. The minimum Gasteiger partial charge on any atom is -0.478 e. The van der Waals surface area contributed by atoms with Crippen LogP contribution in [0.1, 0.15) is 16.8 Å². The van der Waals surface area contributed by atoms with Gasteiger partial charge in [0.1, 0.15) is 0 Å². The van der Waals surface area contributed by atoms with Crippen molar-refractivity contribution in [2.45, 2.75) is 6.42 Å². The maximum Gasteiger partial charge on any atom is 0.335 e. The number of hydrogen-bond acceptors (Lipinski definition) is 2. The van der Waals surface area contributed by atoms with Crippen LogP contribution in [0.3, 0.4) is 0 Å². The second kappa shape index (κ2) is 5.35. The van der Waals surface area contributed by atoms with Gasteiger partial charge in [0.2, 0.25) is 5.91 Å². The molecule has 1 unspecified atom stereocenters. The zero-order chi connectivity index (χ0) is 14.2. The second-order valence-corrected chi connectivity index (χ2v) is 5.87. The molecular formula is C13H9Br2NO3. The molecule has 1 heterocycles. The van der Waals surface area contributed by atoms with Gasteiger partial charge >= 0.3 is 5.97 Å². The highest BCUT2D eigenvalue weighted by Crippen LogP contribution is 2.38. The first kappa shape index (κ1) is 14.1. The lowest BCUT2D eigenvalue weighted by Crippen LogP contribution is -2.25. The fraction of sp³-hybridized carbons (Fsp3) is 0.231. The highest BCUT2D eigenvalue weighted by molar-refractivity contribution is 9.11. The van der Waals surface area contributed by atoms with E-state index in [0.717, 1.165) is 0 Å². The average Bonchev–Trinajstić information content (AvgIpc) is 2.70. The van der Waals surface area contributed by atoms with Gasteiger partial charge in [-0.15, -0.1) is 12.3 Å². The van der Waals surface area contributed by atoms with Crippen LogP contribution in [0.5, 0.6) is 0 Å². The van der Waals surface area contributed by atoms with Crippen LogP contribution in [0.25, 0.3) is 0 Å². The molecule has 1 saturated heterocycles. The van der Waals surface area contributed by atoms with Gasteiger partial charge in [-0.25, -0.2) is 4.79 Å². The molecule has 0 radical (unpaired) electrons. The number of terminal acetylenes is 1. The average molecular weight is 387 g/mol. The molecule has 2 rings (SSSR count). The number of halogens is 2. The summed E-state index contributed by atoms with van der Waals surface area (Å²) in [7, 11) is 0. The molecule has 0 spiro atoms. The monoisotopic (exact) mass is 385 g/mol. The first-order valence-electron chi connectivity index (χ1n) is 5.43. The second-order valence-electron chi connectivity index (χ2n) is 4.17. The quantitative estimate of drug-likeness (QED) is 0.795. The minimum atomic E-state index is -1.03. The number of carboxylic acid groups (broad SMARTS) is 1. The molecule has 1 atom stereocenters. The van der Waals surface area contributed by atoms with Crippen LogP contribution in [0, 0.1) is 18.3 Å². The minimum absolute atomic E-state index is 0.0626. The summed E-state index contributed by atoms with van der Waals surface area (Å²) in [5.74, 6) is 1.38. The van der Waals surface area contributed by atoms with Crippen LogP contribution in [-0.4, -0.2) is 23.5 Å². The Labute approximate surface area is 127 Å². The third kappa shape index (κ3) is 2.67. The lowest BCUT2D eigenvalue weighted by Gasteiger charge is -2.20. The molecule has 19 heavy (non-hydrogen) atoms. The summed E-state index contributed by atoms with van der Waals surface area (Å²) in [6.07, 6.45) is 5.66. The number of carbonyl (C=O) groups excluding carboxylic acids is 1. The predicted molar refractivity (Wildman–Crippen MR) is 78.1 cm³/mol. The summed E-state index contributed by atoms with van der Waals surface area (Å²) in [6.45, 7) is 0.443. The van der Waals surface area contributed by atoms with Gasteiger partial charge in [-0.05, 0) is 44.0 Å². The van der Waals surface area contributed by atoms with Crippen LogP contribution in [0.2, 0.25) is 0 Å². The van der Waals surface area contributed by atoms with Crippen molar-refractivity contribution in [2.24, 2.45) is 5.92 Å². The van der Waals surface area contributed by atoms with Crippen molar-refractivity contribution in [2.75, 3.05) is 11.4 Å². The van der Waals surface area contributed by atoms with Crippen molar-refractivity contribution < 1.29 is 14.7 Å². The van der Waals surface area contributed by atoms with E-state index in [1.165, 1.54) is 12.1 Å². The van der Waals surface area contributed by atoms with Crippen molar-refractivity contribution in [3.8, 4) is 12.3 Å². The Hall–Kier alpha value is -1.32. The van der Waals surface area contributed by atoms with Crippen molar-refractivity contribution >= 4 is 49.4 Å². The number of anilines is 1. The number of benzene rings is 1. The topological polar surface area (TPSA) is 57.6 Å². The predicted octanol–water partition coefficient (Wildman–Crippen LogP) is 2.90. The summed E-state index contributed by atoms with van der Waals surface area (Å²) < 4.78 is 1.09. The van der Waals surface area contributed by atoms with Gasteiger partial charge < -0.3 is 10.0 Å². The van der Waals surface area contributed by atoms with E-state index >= 15 is 0 Å². The Morgan fingerprint density at radius 1 is 1.42 bits per heavy atom. The van der Waals surface area contributed by atoms with Gasteiger partial charge in [0, 0.05) is 27.8 Å². The molecule has 0 aliphatic carbocycles. The van der Waals surface area contributed by atoms with Crippen LogP contribution in [0.4, 0.5) is 5.69 Å². The molecule has 0 bridgehead atoms. The first-order valence-corrected chi connectivity index (χ1v) is 7.01. The molecule has 4 nitrogen and oxygen atoms in total. The maximum absolute atomic E-state index is 11.9. The molecule has 0 aromatic heterocycles. The number of hydrogen-bond donors (Lipinski definition) is 1. The lowest BCUT2D eigenvalue weighted by atomic mass is 10.1. The molecule has 1 aromatic carbocycles. The Morgan fingerprint density at radius 3 is 2.42 bits per heavy atom. The van der Waals surface area contributed by atoms with E-state index in [4.69, 9.17) is 11.5 Å². The molecule has 6 heteroatoms. The fourth-order valence-electron chi connectivity index (χ4n) is 1.98. The number of aromatic carboxylic acids is 1. The van der Waals surface area contributed by atoms with E-state index in [2.05, 4.69) is 37.8 Å². The number of amides is 1. The largest absolute Gasteiger partial charge is 0.478 e. The number of carboxylic acids is 1. The smallest absolute Gasteiger partial charge is 0.335 e. The summed E-state index contributed by atoms with van der Waals surface area (Å²) in [4.78, 5) is 24.5. The number of rotatable bonds is 2. The molecule has 1 N–H and O–H groups in total. The van der Waals surface area contributed by atoms with E-state index in [0.29, 0.717) is 27.6 Å². The number of carbonyl (C=O) groups is 2. The summed E-state index contributed by atoms with van der Waals surface area (Å²) in [5, 5.41) is 8.97. The maximum atomic E-state index is 11.9. The third-order valence-corrected chi connectivity index (χ3v) is 4.10. The Morgan fingerprint density at radius 2 is 2.00 bits per heavy atom. The van der Waals surface area contributed by atoms with Crippen molar-refractivity contribution in [1.29, 1.82) is 0 Å². The van der Waals surface area contributed by atoms with Gasteiger partial charge in [-0.3, -0.25) is 4.79 Å². The van der Waals surface area contributed by atoms with E-state index in [1.54, 1.807) is 4.90 Å². The van der Waals surface area contributed by atoms with Gasteiger partial charge in [-0.2, -0.15) is 0 Å². The Bertz CT molecular complexity index is 583. The lowest BCUT2D eigenvalue weighted by molar-refractivity contribution is -0.117. The SMILES string of the molecule is C#CC1CC(=O)N(c2c(Br)cc(C(=O)O)cc2Br)C1. The highest BCUT2D eigenvalue weighted by atomic mass is 79.9. The molecule has 0 saturated carbocycles. The zero-order valence-corrected chi connectivity index (χ0v) is 12.9. The van der Waals surface area contributed by atoms with Crippen LogP contribution in [0.15, 0.2) is 21.1 Å². The Balaban J connectivity index is 2.44. The van der Waals surface area contributed by atoms with Crippen LogP contribution < -0.4 is 4.90 Å². The van der Waals surface area contributed by atoms with E-state index in [9.17, 15) is 9.59 Å². The highest BCUT2D eigenvalue weighted by Gasteiger charge is 2.32. The summed E-state index contributed by atoms with van der Waals surface area (Å²) in [6, 6.07) is 2.94. The van der Waals surface area contributed by atoms with Gasteiger partial charge in [-0.1, -0.05) is 0 Å². The van der Waals surface area contributed by atoms with Crippen LogP contribution in [-0.2, 0) is 4.79 Å². The van der Waals surface area contributed by atoms with Crippen molar-refractivity contribution in [3.63, 3.8) is 0 Å². The van der Waals surface area contributed by atoms with Crippen LogP contribution >= 0.6 is 31.9 Å². The molecule has 1 aliphatic rings. The standard InChI is InChI=1S/C13H9Br2NO3/c1-2-7-3-11(17)16(6-7)12-9(14)4-8(13(18)19)5-10(12)15/h1,4-5,7H,3,6H2,(H,18,19). The number of nitrogens with zero attached hydrogens (tertiary/aromatic N) is 1. The third-order valence-electron chi connectivity index (χ3n) is 2.89. The normalized spacial score (nSPS) is 18.5. The fourth-order valence-corrected chi connectivity index (χ4v) is 3.60. The zero-order valence-electron chi connectivity index (χ0n) is 9.69. The van der Waals surface area contributed by atoms with Crippen molar-refractivity contribution in [1.82, 2.24) is 0 Å². The molecule has 98 valence electrons. The summed E-state index contributed by atoms with van der Waals surface area (Å²) >= 11 is 6.61. The molecular weight excluding hydrogens is 378 g/mol. The Kier molecular flexibility index (Phi) is 3.97. The van der Waals surface area contributed by atoms with Gasteiger partial charge in [0.15, 0.2) is 0 Å². The molecule has 1 amide bonds. The summed E-state index contributed by atoms with van der Waals surface area (Å²) in [5.41, 5.74) is 0.760. The molecule has 1 aliphatic heterocycles. The van der Waals surface area contributed by atoms with Crippen molar-refractivity contribution in [3.05, 3.63) is 26.6 Å². The van der Waals surface area contributed by atoms with E-state index < -0.39 is 5.97 Å². The molecule has 1 fully saturated rings.